The number of halogens is 4. The van der Waals surface area contributed by atoms with E-state index in [1.165, 1.54) is 19.2 Å². The molecule has 6 nitrogen and oxygen atoms in total. The molecule has 1 aromatic heterocycles. The van der Waals surface area contributed by atoms with Crippen LogP contribution < -0.4 is 0 Å². The van der Waals surface area contributed by atoms with Crippen molar-refractivity contribution in [3.05, 3.63) is 39.8 Å². The van der Waals surface area contributed by atoms with Crippen molar-refractivity contribution < 1.29 is 28.5 Å². The summed E-state index contributed by atoms with van der Waals surface area (Å²) in [6, 6.07) is 2.44. The number of carbonyl (C=O) groups is 1. The van der Waals surface area contributed by atoms with Crippen molar-refractivity contribution in [2.24, 2.45) is 0 Å². The summed E-state index contributed by atoms with van der Waals surface area (Å²) in [5.41, 5.74) is -0.559. The van der Waals surface area contributed by atoms with Gasteiger partial charge in [-0.1, -0.05) is 23.2 Å². The number of allylic oxidation sites excluding steroid dienone is 1. The van der Waals surface area contributed by atoms with E-state index in [4.69, 9.17) is 27.9 Å². The molecular formula is C13H14Cl2F2N2O4. The van der Waals surface area contributed by atoms with Crippen molar-refractivity contribution in [2.75, 3.05) is 20.3 Å². The fourth-order valence-electron chi connectivity index (χ4n) is 1.77. The molecule has 0 saturated carbocycles. The predicted molar refractivity (Wildman–Crippen MR) is 78.9 cm³/mol. The van der Waals surface area contributed by atoms with Crippen molar-refractivity contribution >= 4 is 29.5 Å². The average molecular weight is 371 g/mol. The average Bonchev–Trinajstić information content (AvgIpc) is 2.50. The van der Waals surface area contributed by atoms with Gasteiger partial charge in [0.25, 0.3) is 12.3 Å². The van der Waals surface area contributed by atoms with E-state index >= 15 is 0 Å². The highest BCUT2D eigenvalue weighted by Gasteiger charge is 2.38. The molecule has 2 N–H and O–H groups in total. The number of pyridine rings is 1. The Kier molecular flexibility index (Phi) is 7.30. The van der Waals surface area contributed by atoms with Gasteiger partial charge in [0.1, 0.15) is 10.2 Å². The van der Waals surface area contributed by atoms with Crippen LogP contribution in [0.2, 0.25) is 5.15 Å². The van der Waals surface area contributed by atoms with Gasteiger partial charge in [-0.15, -0.1) is 0 Å². The second kappa shape index (κ2) is 8.51. The molecule has 0 saturated heterocycles. The highest BCUT2D eigenvalue weighted by Crippen LogP contribution is 2.30. The summed E-state index contributed by atoms with van der Waals surface area (Å²) >= 11 is 11.3. The first-order chi connectivity index (χ1) is 10.7. The first kappa shape index (κ1) is 19.7. The highest BCUT2D eigenvalue weighted by atomic mass is 35.5. The number of aromatic nitrogens is 1. The van der Waals surface area contributed by atoms with Gasteiger partial charge in [0.2, 0.25) is 0 Å². The van der Waals surface area contributed by atoms with Crippen molar-refractivity contribution in [2.45, 2.75) is 12.3 Å². The van der Waals surface area contributed by atoms with Crippen LogP contribution >= 0.6 is 23.2 Å². The fraction of sp³-hybridized carbons (Fsp3) is 0.385. The minimum atomic E-state index is -2.95. The van der Waals surface area contributed by atoms with E-state index in [9.17, 15) is 23.8 Å². The van der Waals surface area contributed by atoms with Crippen LogP contribution in [0.4, 0.5) is 8.78 Å². The highest BCUT2D eigenvalue weighted by molar-refractivity contribution is 6.39. The van der Waals surface area contributed by atoms with Crippen LogP contribution in [0.1, 0.15) is 5.56 Å². The van der Waals surface area contributed by atoms with E-state index < -0.39 is 30.5 Å². The zero-order valence-corrected chi connectivity index (χ0v) is 13.4. The van der Waals surface area contributed by atoms with Crippen molar-refractivity contribution in [3.8, 4) is 0 Å². The number of alkyl halides is 2. The molecule has 0 radical (unpaired) electrons. The van der Waals surface area contributed by atoms with Gasteiger partial charge in [-0.25, -0.2) is 13.8 Å². The van der Waals surface area contributed by atoms with Gasteiger partial charge in [-0.2, -0.15) is 0 Å². The maximum Gasteiger partial charge on any atom is 0.276 e. The third-order valence-electron chi connectivity index (χ3n) is 2.80. The minimum Gasteiger partial charge on any atom is -0.378 e. The van der Waals surface area contributed by atoms with Gasteiger partial charge in [-0.05, 0) is 12.1 Å². The second-order valence-electron chi connectivity index (χ2n) is 4.35. The third kappa shape index (κ3) is 5.08. The van der Waals surface area contributed by atoms with Crippen LogP contribution in [0, 0.1) is 0 Å². The molecule has 0 bridgehead atoms. The number of rotatable bonds is 8. The van der Waals surface area contributed by atoms with Crippen LogP contribution in [0.15, 0.2) is 29.1 Å². The lowest BCUT2D eigenvalue weighted by atomic mass is 10.1. The summed E-state index contributed by atoms with van der Waals surface area (Å²) in [4.78, 5) is 15.0. The van der Waals surface area contributed by atoms with Gasteiger partial charge in [0.15, 0.2) is 6.29 Å². The molecule has 1 rings (SSSR count). The molecule has 10 heteroatoms. The largest absolute Gasteiger partial charge is 0.378 e. The lowest BCUT2D eigenvalue weighted by Gasteiger charge is -2.38. The third-order valence-corrected chi connectivity index (χ3v) is 3.33. The molecule has 1 aromatic rings. The van der Waals surface area contributed by atoms with Gasteiger partial charge >= 0.3 is 0 Å². The van der Waals surface area contributed by atoms with E-state index in [2.05, 4.69) is 4.98 Å². The second-order valence-corrected chi connectivity index (χ2v) is 5.15. The molecule has 0 aliphatic carbocycles. The lowest BCUT2D eigenvalue weighted by molar-refractivity contribution is -0.271. The first-order valence-corrected chi connectivity index (χ1v) is 6.95. The standard InChI is InChI=1S/C13H14Cl2F2N2O4/c1-23-7-10(9(14)6-20)19(5-12(16)17)13(21,22)8-2-3-11(15)18-4-8/h2-4,6,12,21-22H,5,7H2,1H3/b10-9-. The van der Waals surface area contributed by atoms with Crippen LogP contribution in [-0.2, 0) is 15.4 Å². The molecule has 0 aliphatic heterocycles. The summed E-state index contributed by atoms with van der Waals surface area (Å²) < 4.78 is 30.5. The molecule has 0 spiro atoms. The first-order valence-electron chi connectivity index (χ1n) is 6.19. The SMILES string of the molecule is COC/C(=C(/Cl)C=O)N(CC(F)F)C(O)(O)c1ccc(Cl)nc1. The molecule has 0 atom stereocenters. The topological polar surface area (TPSA) is 82.9 Å². The number of ether oxygens (including phenoxy) is 1. The van der Waals surface area contributed by atoms with Gasteiger partial charge in [0.05, 0.1) is 24.4 Å². The van der Waals surface area contributed by atoms with Gasteiger partial charge < -0.3 is 19.8 Å². The Bertz CT molecular complexity index is 568. The van der Waals surface area contributed by atoms with Crippen molar-refractivity contribution in [1.82, 2.24) is 9.88 Å². The smallest absolute Gasteiger partial charge is 0.276 e. The quantitative estimate of drug-likeness (QED) is 0.313. The van der Waals surface area contributed by atoms with Crippen LogP contribution in [0.25, 0.3) is 0 Å². The number of aldehydes is 1. The Labute approximate surface area is 140 Å². The Morgan fingerprint density at radius 1 is 1.52 bits per heavy atom. The van der Waals surface area contributed by atoms with Crippen LogP contribution in [0.3, 0.4) is 0 Å². The molecule has 1 heterocycles. The normalized spacial score (nSPS) is 13.0. The fourth-order valence-corrected chi connectivity index (χ4v) is 2.04. The summed E-state index contributed by atoms with van der Waals surface area (Å²) in [6.45, 7) is -1.51. The number of aliphatic hydroxyl groups is 2. The summed E-state index contributed by atoms with van der Waals surface area (Å²) in [5, 5.41) is 20.2. The molecule has 0 aliphatic rings. The van der Waals surface area contributed by atoms with Crippen LogP contribution in [0.5, 0.6) is 0 Å². The molecule has 128 valence electrons. The Morgan fingerprint density at radius 2 is 2.17 bits per heavy atom. The summed E-state index contributed by atoms with van der Waals surface area (Å²) in [5.74, 6) is -2.91. The van der Waals surface area contributed by atoms with Crippen molar-refractivity contribution in [3.63, 3.8) is 0 Å². The number of hydrogen-bond donors (Lipinski definition) is 2. The predicted octanol–water partition coefficient (Wildman–Crippen LogP) is 1.69. The number of nitrogens with zero attached hydrogens (tertiary/aromatic N) is 2. The molecule has 23 heavy (non-hydrogen) atoms. The Morgan fingerprint density at radius 3 is 2.61 bits per heavy atom. The van der Waals surface area contributed by atoms with Gasteiger partial charge in [-0.3, -0.25) is 4.79 Å². The van der Waals surface area contributed by atoms with Crippen molar-refractivity contribution in [1.29, 1.82) is 0 Å². The molecule has 0 unspecified atom stereocenters. The Hall–Kier alpha value is -1.32. The van der Waals surface area contributed by atoms with E-state index in [1.54, 1.807) is 0 Å². The Balaban J connectivity index is 3.38. The zero-order chi connectivity index (χ0) is 17.6. The number of carbonyl (C=O) groups excluding carboxylic acids is 1. The van der Waals surface area contributed by atoms with E-state index in [1.807, 2.05) is 0 Å². The zero-order valence-electron chi connectivity index (χ0n) is 11.9. The molecule has 0 aromatic carbocycles. The maximum atomic E-state index is 12.9. The maximum absolute atomic E-state index is 12.9. The lowest BCUT2D eigenvalue weighted by Crippen LogP contribution is -2.49. The summed E-state index contributed by atoms with van der Waals surface area (Å²) in [6.07, 6.45) is -1.76. The number of methoxy groups -OCH3 is 1. The van der Waals surface area contributed by atoms with Crippen LogP contribution in [-0.4, -0.2) is 53.1 Å². The summed E-state index contributed by atoms with van der Waals surface area (Å²) in [7, 11) is 1.23. The number of hydrogen-bond acceptors (Lipinski definition) is 6. The molecular weight excluding hydrogens is 357 g/mol. The van der Waals surface area contributed by atoms with E-state index in [-0.39, 0.29) is 22.7 Å². The minimum absolute atomic E-state index is 0.0727. The van der Waals surface area contributed by atoms with E-state index in [0.717, 1.165) is 6.20 Å². The molecule has 0 amide bonds. The van der Waals surface area contributed by atoms with Gasteiger partial charge in [0, 0.05) is 13.3 Å². The van der Waals surface area contributed by atoms with E-state index in [0.29, 0.717) is 4.90 Å². The monoisotopic (exact) mass is 370 g/mol. The molecule has 0 fully saturated rings.